The molecular formula is C23H27ClN4O5S3. The van der Waals surface area contributed by atoms with E-state index in [0.717, 1.165) is 45.3 Å². The summed E-state index contributed by atoms with van der Waals surface area (Å²) >= 11 is 8.55. The number of thiophene rings is 1. The van der Waals surface area contributed by atoms with E-state index in [9.17, 15) is 13.2 Å². The fraction of sp³-hybridized carbons (Fsp3) is 0.478. The molecule has 4 heterocycles. The molecule has 1 atom stereocenters. The standard InChI is InChI=1S/C23H27ClN4O5S3/c1-32-16-6-7-17(33-2)21-20(16)25-23(35-21)27-13-11-26(12-14-27)22(29)15-5-3-4-10-28(15)36(30,31)19-9-8-18(24)34-19/h6-9,15H,3-5,10-14H2,1-2H3. The molecule has 0 bridgehead atoms. The van der Waals surface area contributed by atoms with Crippen molar-refractivity contribution in [1.29, 1.82) is 0 Å². The van der Waals surface area contributed by atoms with Crippen LogP contribution in [0.4, 0.5) is 5.13 Å². The van der Waals surface area contributed by atoms with Crippen LogP contribution in [0.15, 0.2) is 28.5 Å². The van der Waals surface area contributed by atoms with E-state index in [4.69, 9.17) is 26.1 Å². The van der Waals surface area contributed by atoms with Crippen molar-refractivity contribution in [3.63, 3.8) is 0 Å². The van der Waals surface area contributed by atoms with Crippen LogP contribution in [0.2, 0.25) is 4.34 Å². The van der Waals surface area contributed by atoms with Gasteiger partial charge in [-0.15, -0.1) is 11.3 Å². The van der Waals surface area contributed by atoms with Crippen molar-refractivity contribution in [3.8, 4) is 11.5 Å². The summed E-state index contributed by atoms with van der Waals surface area (Å²) in [5.41, 5.74) is 0.757. The van der Waals surface area contributed by atoms with Gasteiger partial charge in [-0.25, -0.2) is 13.4 Å². The maximum absolute atomic E-state index is 13.5. The molecule has 194 valence electrons. The summed E-state index contributed by atoms with van der Waals surface area (Å²) in [4.78, 5) is 22.3. The molecule has 5 rings (SSSR count). The maximum atomic E-state index is 13.5. The summed E-state index contributed by atoms with van der Waals surface area (Å²) in [6.07, 6.45) is 2.08. The van der Waals surface area contributed by atoms with Gasteiger partial charge in [-0.2, -0.15) is 4.31 Å². The second kappa shape index (κ2) is 10.3. The highest BCUT2D eigenvalue weighted by Crippen LogP contribution is 2.40. The van der Waals surface area contributed by atoms with Gasteiger partial charge in [-0.1, -0.05) is 29.4 Å². The number of ether oxygens (including phenoxy) is 2. The summed E-state index contributed by atoms with van der Waals surface area (Å²) in [6.45, 7) is 2.55. The number of carbonyl (C=O) groups excluding carboxylic acids is 1. The first-order valence-corrected chi connectivity index (χ1v) is 15.1. The Morgan fingerprint density at radius 3 is 2.39 bits per heavy atom. The van der Waals surface area contributed by atoms with Crippen molar-refractivity contribution < 1.29 is 22.7 Å². The third-order valence-electron chi connectivity index (χ3n) is 6.61. The van der Waals surface area contributed by atoms with Crippen molar-refractivity contribution in [2.24, 2.45) is 0 Å². The highest BCUT2D eigenvalue weighted by molar-refractivity contribution is 7.91. The van der Waals surface area contributed by atoms with Gasteiger partial charge in [0.1, 0.15) is 32.0 Å². The molecule has 9 nitrogen and oxygen atoms in total. The summed E-state index contributed by atoms with van der Waals surface area (Å²) in [6, 6.07) is 6.11. The summed E-state index contributed by atoms with van der Waals surface area (Å²) in [5, 5.41) is 0.844. The van der Waals surface area contributed by atoms with Gasteiger partial charge in [0.2, 0.25) is 5.91 Å². The molecule has 2 saturated heterocycles. The SMILES string of the molecule is COc1ccc(OC)c2sc(N3CCN(C(=O)C4CCCCN4S(=O)(=O)c4ccc(Cl)s4)CC3)nc12. The van der Waals surface area contributed by atoms with E-state index in [2.05, 4.69) is 4.90 Å². The summed E-state index contributed by atoms with van der Waals surface area (Å²) in [7, 11) is -0.529. The number of amides is 1. The normalized spacial score (nSPS) is 19.6. The van der Waals surface area contributed by atoms with Gasteiger partial charge >= 0.3 is 0 Å². The minimum Gasteiger partial charge on any atom is -0.495 e. The Hall–Kier alpha value is -2.12. The number of nitrogens with zero attached hydrogens (tertiary/aromatic N) is 4. The zero-order chi connectivity index (χ0) is 25.4. The lowest BCUT2D eigenvalue weighted by molar-refractivity contribution is -0.136. The molecule has 1 unspecified atom stereocenters. The predicted molar refractivity (Wildman–Crippen MR) is 142 cm³/mol. The Labute approximate surface area is 223 Å². The first-order valence-electron chi connectivity index (χ1n) is 11.7. The summed E-state index contributed by atoms with van der Waals surface area (Å²) < 4.78 is 40.4. The molecule has 1 aromatic carbocycles. The zero-order valence-corrected chi connectivity index (χ0v) is 23.2. The average Bonchev–Trinajstić information content (AvgIpc) is 3.55. The van der Waals surface area contributed by atoms with Crippen LogP contribution >= 0.6 is 34.3 Å². The number of carbonyl (C=O) groups is 1. The lowest BCUT2D eigenvalue weighted by Crippen LogP contribution is -2.57. The van der Waals surface area contributed by atoms with Crippen LogP contribution < -0.4 is 14.4 Å². The van der Waals surface area contributed by atoms with E-state index >= 15 is 0 Å². The molecule has 0 radical (unpaired) electrons. The number of rotatable bonds is 6. The smallest absolute Gasteiger partial charge is 0.253 e. The Kier molecular flexibility index (Phi) is 7.32. The number of piperazine rings is 1. The van der Waals surface area contributed by atoms with Crippen LogP contribution in [0.25, 0.3) is 10.2 Å². The van der Waals surface area contributed by atoms with Gasteiger partial charge in [-0.05, 0) is 37.1 Å². The third kappa shape index (κ3) is 4.65. The van der Waals surface area contributed by atoms with Crippen molar-refractivity contribution in [1.82, 2.24) is 14.2 Å². The maximum Gasteiger partial charge on any atom is 0.253 e. The van der Waals surface area contributed by atoms with Gasteiger partial charge in [0, 0.05) is 32.7 Å². The zero-order valence-electron chi connectivity index (χ0n) is 20.0. The second-order valence-electron chi connectivity index (χ2n) is 8.64. The Bertz CT molecular complexity index is 1330. The average molecular weight is 571 g/mol. The molecule has 2 aliphatic rings. The second-order valence-corrected chi connectivity index (χ2v) is 13.5. The van der Waals surface area contributed by atoms with E-state index in [1.165, 1.54) is 21.7 Å². The van der Waals surface area contributed by atoms with Crippen LogP contribution in [0.5, 0.6) is 11.5 Å². The molecule has 0 N–H and O–H groups in total. The molecule has 0 saturated carbocycles. The van der Waals surface area contributed by atoms with Crippen molar-refractivity contribution in [2.45, 2.75) is 29.5 Å². The van der Waals surface area contributed by atoms with Crippen molar-refractivity contribution in [2.75, 3.05) is 51.8 Å². The number of aromatic nitrogens is 1. The summed E-state index contributed by atoms with van der Waals surface area (Å²) in [5.74, 6) is 1.30. The van der Waals surface area contributed by atoms with Gasteiger partial charge in [-0.3, -0.25) is 4.79 Å². The highest BCUT2D eigenvalue weighted by Gasteiger charge is 2.40. The Morgan fingerprint density at radius 2 is 1.72 bits per heavy atom. The van der Waals surface area contributed by atoms with Gasteiger partial charge in [0.15, 0.2) is 5.13 Å². The van der Waals surface area contributed by atoms with E-state index < -0.39 is 16.1 Å². The number of benzene rings is 1. The van der Waals surface area contributed by atoms with Crippen LogP contribution in [0.1, 0.15) is 19.3 Å². The number of fused-ring (bicyclic) bond motifs is 1. The van der Waals surface area contributed by atoms with Gasteiger partial charge in [0.05, 0.1) is 18.6 Å². The van der Waals surface area contributed by atoms with E-state index in [-0.39, 0.29) is 10.1 Å². The molecule has 2 fully saturated rings. The number of halogens is 1. The molecule has 0 spiro atoms. The van der Waals surface area contributed by atoms with Crippen LogP contribution in [-0.4, -0.2) is 81.5 Å². The largest absolute Gasteiger partial charge is 0.495 e. The van der Waals surface area contributed by atoms with E-state index in [1.54, 1.807) is 25.2 Å². The molecule has 13 heteroatoms. The van der Waals surface area contributed by atoms with Crippen molar-refractivity contribution in [3.05, 3.63) is 28.6 Å². The first kappa shape index (κ1) is 25.5. The van der Waals surface area contributed by atoms with E-state index in [0.29, 0.717) is 49.2 Å². The minimum absolute atomic E-state index is 0.131. The fourth-order valence-electron chi connectivity index (χ4n) is 4.73. The number of piperidine rings is 1. The first-order chi connectivity index (χ1) is 17.3. The predicted octanol–water partition coefficient (Wildman–Crippen LogP) is 3.92. The van der Waals surface area contributed by atoms with Crippen molar-refractivity contribution >= 4 is 65.6 Å². The fourth-order valence-corrected chi connectivity index (χ4v) is 9.12. The topological polar surface area (TPSA) is 92.3 Å². The molecule has 0 aliphatic carbocycles. The minimum atomic E-state index is -3.78. The molecule has 2 aliphatic heterocycles. The Balaban J connectivity index is 1.31. The lowest BCUT2D eigenvalue weighted by Gasteiger charge is -2.40. The van der Waals surface area contributed by atoms with Crippen LogP contribution in [0.3, 0.4) is 0 Å². The molecular weight excluding hydrogens is 544 g/mol. The molecule has 1 amide bonds. The monoisotopic (exact) mass is 570 g/mol. The van der Waals surface area contributed by atoms with Crippen LogP contribution in [-0.2, 0) is 14.8 Å². The molecule has 2 aromatic heterocycles. The number of anilines is 1. The van der Waals surface area contributed by atoms with Crippen LogP contribution in [0, 0.1) is 0 Å². The molecule has 3 aromatic rings. The third-order valence-corrected chi connectivity index (χ3v) is 11.3. The Morgan fingerprint density at radius 1 is 1.00 bits per heavy atom. The number of methoxy groups -OCH3 is 2. The number of hydrogen-bond acceptors (Lipinski definition) is 9. The highest BCUT2D eigenvalue weighted by atomic mass is 35.5. The van der Waals surface area contributed by atoms with Gasteiger partial charge < -0.3 is 19.3 Å². The number of hydrogen-bond donors (Lipinski definition) is 0. The number of sulfonamides is 1. The quantitative estimate of drug-likeness (QED) is 0.443. The molecule has 36 heavy (non-hydrogen) atoms. The van der Waals surface area contributed by atoms with Gasteiger partial charge in [0.25, 0.3) is 10.0 Å². The lowest BCUT2D eigenvalue weighted by atomic mass is 10.0. The number of thiazole rings is 1. The van der Waals surface area contributed by atoms with E-state index in [1.807, 2.05) is 12.1 Å².